The first-order valence-corrected chi connectivity index (χ1v) is 5.66. The van der Waals surface area contributed by atoms with E-state index in [1.807, 2.05) is 20.8 Å². The highest BCUT2D eigenvalue weighted by Crippen LogP contribution is 2.22. The number of ether oxygens (including phenoxy) is 1. The maximum absolute atomic E-state index is 11.9. The van der Waals surface area contributed by atoms with Gasteiger partial charge < -0.3 is 4.74 Å². The summed E-state index contributed by atoms with van der Waals surface area (Å²) >= 11 is 1.35. The van der Waals surface area contributed by atoms with Crippen molar-refractivity contribution in [2.45, 2.75) is 27.4 Å². The van der Waals surface area contributed by atoms with E-state index < -0.39 is 6.61 Å². The largest absolute Gasteiger partial charge is 0.417 e. The van der Waals surface area contributed by atoms with Gasteiger partial charge >= 0.3 is 6.61 Å². The Hall–Kier alpha value is -1.30. The van der Waals surface area contributed by atoms with E-state index in [0.717, 1.165) is 5.01 Å². The molecule has 2 heterocycles. The Morgan fingerprint density at radius 3 is 2.56 bits per heavy atom. The SMILES string of the molecule is CC.Cc1nc2ccc(OC(F)F)nc2s1. The molecule has 0 bridgehead atoms. The van der Waals surface area contributed by atoms with E-state index in [1.54, 1.807) is 6.07 Å². The smallest absolute Gasteiger partial charge is 0.388 e. The maximum Gasteiger partial charge on any atom is 0.388 e. The van der Waals surface area contributed by atoms with Gasteiger partial charge in [0, 0.05) is 6.07 Å². The normalized spacial score (nSPS) is 10.1. The van der Waals surface area contributed by atoms with Crippen LogP contribution in [0.1, 0.15) is 18.9 Å². The van der Waals surface area contributed by atoms with Gasteiger partial charge in [-0.1, -0.05) is 25.2 Å². The molecule has 0 aliphatic carbocycles. The third kappa shape index (κ3) is 3.10. The van der Waals surface area contributed by atoms with Gasteiger partial charge in [-0.2, -0.15) is 8.78 Å². The van der Waals surface area contributed by atoms with E-state index in [9.17, 15) is 8.78 Å². The van der Waals surface area contributed by atoms with E-state index in [1.165, 1.54) is 17.4 Å². The molecule has 0 atom stereocenters. The van der Waals surface area contributed by atoms with Crippen molar-refractivity contribution < 1.29 is 13.5 Å². The molecule has 2 aromatic rings. The molecule has 0 unspecified atom stereocenters. The number of aromatic nitrogens is 2. The lowest BCUT2D eigenvalue weighted by Crippen LogP contribution is -2.02. The zero-order valence-corrected chi connectivity index (χ0v) is 10.0. The van der Waals surface area contributed by atoms with E-state index >= 15 is 0 Å². The van der Waals surface area contributed by atoms with Gasteiger partial charge in [0.25, 0.3) is 0 Å². The molecule has 88 valence electrons. The van der Waals surface area contributed by atoms with E-state index in [2.05, 4.69) is 14.7 Å². The Bertz CT molecular complexity index is 459. The molecule has 2 aromatic heterocycles. The summed E-state index contributed by atoms with van der Waals surface area (Å²) in [4.78, 5) is 8.65. The summed E-state index contributed by atoms with van der Waals surface area (Å²) in [6, 6.07) is 3.00. The lowest BCUT2D eigenvalue weighted by Gasteiger charge is -2.01. The van der Waals surface area contributed by atoms with Crippen LogP contribution in [-0.2, 0) is 0 Å². The number of alkyl halides is 2. The monoisotopic (exact) mass is 246 g/mol. The van der Waals surface area contributed by atoms with Gasteiger partial charge in [0.15, 0.2) is 0 Å². The van der Waals surface area contributed by atoms with Crippen molar-refractivity contribution in [1.29, 1.82) is 0 Å². The van der Waals surface area contributed by atoms with E-state index in [4.69, 9.17) is 0 Å². The van der Waals surface area contributed by atoms with Crippen molar-refractivity contribution in [3.63, 3.8) is 0 Å². The summed E-state index contributed by atoms with van der Waals surface area (Å²) < 4.78 is 27.9. The second kappa shape index (κ2) is 5.69. The Labute approximate surface area is 96.1 Å². The lowest BCUT2D eigenvalue weighted by molar-refractivity contribution is -0.0526. The highest BCUT2D eigenvalue weighted by atomic mass is 32.1. The maximum atomic E-state index is 11.9. The number of aryl methyl sites for hydroxylation is 1. The lowest BCUT2D eigenvalue weighted by atomic mass is 10.4. The van der Waals surface area contributed by atoms with Crippen molar-refractivity contribution in [1.82, 2.24) is 9.97 Å². The number of fused-ring (bicyclic) bond motifs is 1. The fourth-order valence-corrected chi connectivity index (χ4v) is 1.84. The second-order valence-electron chi connectivity index (χ2n) is 2.59. The molecule has 0 N–H and O–H groups in total. The number of hydrogen-bond donors (Lipinski definition) is 0. The minimum absolute atomic E-state index is 0.0730. The molecule has 0 saturated carbocycles. The Balaban J connectivity index is 0.000000606. The molecule has 0 aliphatic rings. The summed E-state index contributed by atoms with van der Waals surface area (Å²) in [6.45, 7) is 2.99. The van der Waals surface area contributed by atoms with Crippen molar-refractivity contribution in [2.75, 3.05) is 0 Å². The van der Waals surface area contributed by atoms with Gasteiger partial charge in [0.05, 0.1) is 5.01 Å². The van der Waals surface area contributed by atoms with Gasteiger partial charge in [-0.25, -0.2) is 9.97 Å². The van der Waals surface area contributed by atoms with E-state index in [-0.39, 0.29) is 5.88 Å². The van der Waals surface area contributed by atoms with Crippen molar-refractivity contribution >= 4 is 21.7 Å². The van der Waals surface area contributed by atoms with Crippen LogP contribution in [0, 0.1) is 6.92 Å². The molecule has 0 radical (unpaired) electrons. The summed E-state index contributed by atoms with van der Waals surface area (Å²) in [5, 5.41) is 0.849. The number of rotatable bonds is 2. The van der Waals surface area contributed by atoms with Crippen LogP contribution < -0.4 is 4.74 Å². The van der Waals surface area contributed by atoms with Crippen LogP contribution in [0.5, 0.6) is 5.88 Å². The quantitative estimate of drug-likeness (QED) is 0.811. The molecule has 0 amide bonds. The molecule has 6 heteroatoms. The number of halogens is 2. The summed E-state index contributed by atoms with van der Waals surface area (Å²) in [7, 11) is 0. The minimum Gasteiger partial charge on any atom is -0.417 e. The number of thiazole rings is 1. The molecule has 0 saturated heterocycles. The molecular weight excluding hydrogens is 234 g/mol. The average molecular weight is 246 g/mol. The topological polar surface area (TPSA) is 35.0 Å². The summed E-state index contributed by atoms with van der Waals surface area (Å²) in [5.41, 5.74) is 0.703. The first-order chi connectivity index (χ1) is 7.65. The predicted octanol–water partition coefficient (Wildman–Crippen LogP) is 3.63. The first kappa shape index (κ1) is 12.8. The molecule has 16 heavy (non-hydrogen) atoms. The number of nitrogens with zero attached hydrogens (tertiary/aromatic N) is 2. The van der Waals surface area contributed by atoms with Gasteiger partial charge in [-0.15, -0.1) is 0 Å². The fourth-order valence-electron chi connectivity index (χ4n) is 1.07. The Morgan fingerprint density at radius 1 is 1.25 bits per heavy atom. The summed E-state index contributed by atoms with van der Waals surface area (Å²) in [6.07, 6.45) is 0. The predicted molar refractivity (Wildman–Crippen MR) is 60.1 cm³/mol. The summed E-state index contributed by atoms with van der Waals surface area (Å²) in [5.74, 6) is -0.0730. The minimum atomic E-state index is -2.84. The second-order valence-corrected chi connectivity index (χ2v) is 3.77. The van der Waals surface area contributed by atoms with Gasteiger partial charge in [-0.05, 0) is 13.0 Å². The highest BCUT2D eigenvalue weighted by Gasteiger charge is 2.08. The molecule has 0 fully saturated rings. The Kier molecular flexibility index (Phi) is 4.54. The number of hydrogen-bond acceptors (Lipinski definition) is 4. The first-order valence-electron chi connectivity index (χ1n) is 4.84. The van der Waals surface area contributed by atoms with Gasteiger partial charge in [-0.3, -0.25) is 0 Å². The standard InChI is InChI=1S/C8H6F2N2OS.C2H6/c1-4-11-5-2-3-6(13-8(9)10)12-7(5)14-4;1-2/h2-3,8H,1H3;1-2H3. The molecule has 2 rings (SSSR count). The third-order valence-corrected chi connectivity index (χ3v) is 2.43. The number of pyridine rings is 1. The zero-order valence-electron chi connectivity index (χ0n) is 9.20. The molecule has 3 nitrogen and oxygen atoms in total. The van der Waals surface area contributed by atoms with Crippen LogP contribution in [-0.4, -0.2) is 16.6 Å². The van der Waals surface area contributed by atoms with Gasteiger partial charge in [0.1, 0.15) is 10.3 Å². The highest BCUT2D eigenvalue weighted by molar-refractivity contribution is 7.18. The van der Waals surface area contributed by atoms with Gasteiger partial charge in [0.2, 0.25) is 5.88 Å². The molecule has 0 spiro atoms. The van der Waals surface area contributed by atoms with Crippen molar-refractivity contribution in [2.24, 2.45) is 0 Å². The Morgan fingerprint density at radius 2 is 1.94 bits per heavy atom. The van der Waals surface area contributed by atoms with Crippen LogP contribution >= 0.6 is 11.3 Å². The van der Waals surface area contributed by atoms with Crippen LogP contribution in [0.4, 0.5) is 8.78 Å². The van der Waals surface area contributed by atoms with Crippen LogP contribution in [0.3, 0.4) is 0 Å². The van der Waals surface area contributed by atoms with Crippen LogP contribution in [0.15, 0.2) is 12.1 Å². The molecule has 0 aromatic carbocycles. The van der Waals surface area contributed by atoms with Crippen LogP contribution in [0.25, 0.3) is 10.3 Å². The zero-order chi connectivity index (χ0) is 12.1. The average Bonchev–Trinajstić information content (AvgIpc) is 2.59. The molecular formula is C10H12F2N2OS. The van der Waals surface area contributed by atoms with E-state index in [0.29, 0.717) is 10.3 Å². The van der Waals surface area contributed by atoms with Crippen molar-refractivity contribution in [3.05, 3.63) is 17.1 Å². The van der Waals surface area contributed by atoms with Crippen LogP contribution in [0.2, 0.25) is 0 Å². The fraction of sp³-hybridized carbons (Fsp3) is 0.400. The molecule has 0 aliphatic heterocycles. The third-order valence-electron chi connectivity index (χ3n) is 1.55. The van der Waals surface area contributed by atoms with Crippen molar-refractivity contribution in [3.8, 4) is 5.88 Å².